The molecule has 0 spiro atoms. The minimum Gasteiger partial charge on any atom is -0.456 e. The Labute approximate surface area is 404 Å². The summed E-state index contributed by atoms with van der Waals surface area (Å²) in [6.45, 7) is 0. The maximum atomic E-state index is 6.67. The molecule has 5 heteroatoms. The van der Waals surface area contributed by atoms with Crippen molar-refractivity contribution in [3.63, 3.8) is 0 Å². The first kappa shape index (κ1) is 39.8. The molecule has 0 radical (unpaired) electrons. The summed E-state index contributed by atoms with van der Waals surface area (Å²) in [4.78, 5) is 10.7. The van der Waals surface area contributed by atoms with Crippen molar-refractivity contribution < 1.29 is 4.42 Å². The van der Waals surface area contributed by atoms with E-state index in [0.717, 1.165) is 106 Å². The second-order valence-electron chi connectivity index (χ2n) is 18.1. The van der Waals surface area contributed by atoms with Gasteiger partial charge >= 0.3 is 0 Å². The molecule has 4 heterocycles. The summed E-state index contributed by atoms with van der Waals surface area (Å²) < 4.78 is 9.03. The van der Waals surface area contributed by atoms with Crippen LogP contribution in [0.4, 0.5) is 0 Å². The van der Waals surface area contributed by atoms with Crippen LogP contribution in [0.5, 0.6) is 0 Å². The van der Waals surface area contributed by atoms with E-state index in [0.29, 0.717) is 0 Å². The number of nitrogens with zero attached hydrogens (tertiary/aromatic N) is 3. The summed E-state index contributed by atoms with van der Waals surface area (Å²) >= 11 is 0. The third kappa shape index (κ3) is 6.55. The summed E-state index contributed by atoms with van der Waals surface area (Å²) in [6, 6.07) is 84.1. The molecule has 1 aliphatic heterocycles. The number of hydrogen-bond donors (Lipinski definition) is 1. The van der Waals surface area contributed by atoms with E-state index in [4.69, 9.17) is 14.4 Å². The van der Waals surface area contributed by atoms with Crippen LogP contribution in [0.25, 0.3) is 110 Å². The molecule has 1 aliphatic rings. The molecule has 0 bridgehead atoms. The van der Waals surface area contributed by atoms with Gasteiger partial charge in [0.25, 0.3) is 0 Å². The molecule has 0 fully saturated rings. The number of rotatable bonds is 7. The lowest BCUT2D eigenvalue weighted by Gasteiger charge is -2.25. The van der Waals surface area contributed by atoms with Crippen LogP contribution in [-0.2, 0) is 0 Å². The van der Waals surface area contributed by atoms with Gasteiger partial charge in [-0.3, -0.25) is 4.99 Å². The van der Waals surface area contributed by atoms with Crippen LogP contribution < -0.4 is 5.32 Å². The zero-order chi connectivity index (χ0) is 46.1. The number of allylic oxidation sites excluding steroid dienone is 1. The van der Waals surface area contributed by atoms with Crippen molar-refractivity contribution in [2.45, 2.75) is 6.17 Å². The van der Waals surface area contributed by atoms with Gasteiger partial charge in [-0.15, -0.1) is 0 Å². The number of fused-ring (bicyclic) bond motifs is 9. The largest absolute Gasteiger partial charge is 0.456 e. The SMILES string of the molecule is C1=C(c2cccc(-c3ccc(-c4c5c(cc6c(-c7ccccc7)nc7ccccc7c46)oc4ccccc45)cc3)c2)NC(c2ccccc2)N=C1c1cccc(-n2c3ccccc3c3ccccc32)c1. The van der Waals surface area contributed by atoms with Gasteiger partial charge in [0.1, 0.15) is 17.3 Å². The normalized spacial score (nSPS) is 13.9. The summed E-state index contributed by atoms with van der Waals surface area (Å²) in [7, 11) is 0. The molecule has 328 valence electrons. The van der Waals surface area contributed by atoms with Crippen LogP contribution in [0, 0.1) is 0 Å². The van der Waals surface area contributed by atoms with Crippen molar-refractivity contribution in [3.8, 4) is 39.2 Å². The van der Waals surface area contributed by atoms with E-state index in [1.807, 2.05) is 6.07 Å². The Balaban J connectivity index is 0.882. The molecule has 0 amide bonds. The van der Waals surface area contributed by atoms with Crippen molar-refractivity contribution in [3.05, 3.63) is 259 Å². The number of benzene rings is 10. The van der Waals surface area contributed by atoms with Crippen LogP contribution in [0.15, 0.2) is 252 Å². The second-order valence-corrected chi connectivity index (χ2v) is 18.1. The number of aliphatic imine (C=N–C) groups is 1. The third-order valence-electron chi connectivity index (χ3n) is 14.0. The van der Waals surface area contributed by atoms with E-state index in [-0.39, 0.29) is 6.17 Å². The van der Waals surface area contributed by atoms with Gasteiger partial charge in [0.15, 0.2) is 0 Å². The maximum Gasteiger partial charge on any atom is 0.145 e. The lowest BCUT2D eigenvalue weighted by molar-refractivity contribution is 0.664. The minimum absolute atomic E-state index is 0.277. The molecule has 14 rings (SSSR count). The molecule has 5 nitrogen and oxygen atoms in total. The van der Waals surface area contributed by atoms with Crippen LogP contribution in [-0.4, -0.2) is 15.3 Å². The first-order valence-corrected chi connectivity index (χ1v) is 23.8. The molecule has 1 N–H and O–H groups in total. The van der Waals surface area contributed by atoms with Crippen LogP contribution in [0.2, 0.25) is 0 Å². The Kier molecular flexibility index (Phi) is 9.20. The smallest absolute Gasteiger partial charge is 0.145 e. The average Bonchev–Trinajstić information content (AvgIpc) is 3.99. The fraction of sp³-hybridized carbons (Fsp3) is 0.0154. The van der Waals surface area contributed by atoms with Crippen molar-refractivity contribution in [2.24, 2.45) is 4.99 Å². The van der Waals surface area contributed by atoms with Gasteiger partial charge in [-0.2, -0.15) is 0 Å². The maximum absolute atomic E-state index is 6.67. The van der Waals surface area contributed by atoms with Crippen LogP contribution >= 0.6 is 0 Å². The predicted molar refractivity (Wildman–Crippen MR) is 290 cm³/mol. The summed E-state index contributed by atoms with van der Waals surface area (Å²) in [5.41, 5.74) is 17.8. The van der Waals surface area contributed by atoms with E-state index in [1.54, 1.807) is 0 Å². The number of aromatic nitrogens is 2. The van der Waals surface area contributed by atoms with Crippen LogP contribution in [0.1, 0.15) is 22.9 Å². The van der Waals surface area contributed by atoms with Gasteiger partial charge in [0, 0.05) is 65.8 Å². The molecular weight excluding hydrogens is 853 g/mol. The van der Waals surface area contributed by atoms with E-state index in [2.05, 4.69) is 246 Å². The summed E-state index contributed by atoms with van der Waals surface area (Å²) in [6.07, 6.45) is 1.93. The first-order valence-electron chi connectivity index (χ1n) is 23.8. The van der Waals surface area contributed by atoms with Gasteiger partial charge in [0.05, 0.1) is 28.0 Å². The highest BCUT2D eigenvalue weighted by Crippen LogP contribution is 2.46. The fourth-order valence-electron chi connectivity index (χ4n) is 10.8. The lowest BCUT2D eigenvalue weighted by atomic mass is 9.89. The topological polar surface area (TPSA) is 55.4 Å². The van der Waals surface area contributed by atoms with Crippen molar-refractivity contribution in [1.82, 2.24) is 14.9 Å². The lowest BCUT2D eigenvalue weighted by Crippen LogP contribution is -2.24. The standard InChI is InChI=1S/C65H42N4O/c1-3-17-43(18-4-1)64-53-39-60-63(52-28-10-14-32-59(52)70-60)61(62(53)51-27-7-11-29-54(51)66-64)42-35-33-41(34-36-42)45-21-15-22-46(37-45)55-40-56(68-65(67-55)44-19-5-2-6-20-44)47-23-16-24-48(38-47)69-57-30-12-8-25-49(57)50-26-9-13-31-58(50)69/h1-40,65,67H. The zero-order valence-electron chi connectivity index (χ0n) is 37.9. The van der Waals surface area contributed by atoms with E-state index in [1.165, 1.54) is 27.2 Å². The fourth-order valence-corrected chi connectivity index (χ4v) is 10.8. The zero-order valence-corrected chi connectivity index (χ0v) is 37.9. The van der Waals surface area contributed by atoms with E-state index < -0.39 is 0 Å². The number of para-hydroxylation sites is 4. The van der Waals surface area contributed by atoms with E-state index in [9.17, 15) is 0 Å². The summed E-state index contributed by atoms with van der Waals surface area (Å²) in [5, 5.41) is 11.8. The Morgan fingerprint density at radius 3 is 1.81 bits per heavy atom. The molecule has 0 saturated carbocycles. The van der Waals surface area contributed by atoms with Crippen molar-refractivity contribution in [1.29, 1.82) is 0 Å². The molecule has 0 aliphatic carbocycles. The Bertz CT molecular complexity index is 4200. The molecule has 13 aromatic rings. The highest BCUT2D eigenvalue weighted by Gasteiger charge is 2.23. The average molecular weight is 895 g/mol. The monoisotopic (exact) mass is 894 g/mol. The summed E-state index contributed by atoms with van der Waals surface area (Å²) in [5.74, 6) is 0. The molecule has 10 aromatic carbocycles. The van der Waals surface area contributed by atoms with Crippen LogP contribution in [0.3, 0.4) is 0 Å². The van der Waals surface area contributed by atoms with Gasteiger partial charge in [-0.25, -0.2) is 4.98 Å². The Morgan fingerprint density at radius 2 is 1.03 bits per heavy atom. The Hall–Kier alpha value is -9.32. The first-order chi connectivity index (χ1) is 34.7. The molecule has 1 unspecified atom stereocenters. The number of furan rings is 1. The van der Waals surface area contributed by atoms with E-state index >= 15 is 0 Å². The van der Waals surface area contributed by atoms with Gasteiger partial charge in [-0.05, 0) is 82.4 Å². The number of nitrogens with one attached hydrogen (secondary N) is 1. The predicted octanol–water partition coefficient (Wildman–Crippen LogP) is 16.5. The quantitative estimate of drug-likeness (QED) is 0.162. The highest BCUT2D eigenvalue weighted by atomic mass is 16.3. The molecule has 0 saturated heterocycles. The number of pyridine rings is 1. The van der Waals surface area contributed by atoms with Gasteiger partial charge in [0.2, 0.25) is 0 Å². The third-order valence-corrected chi connectivity index (χ3v) is 14.0. The molecule has 70 heavy (non-hydrogen) atoms. The second kappa shape index (κ2) is 16.2. The minimum atomic E-state index is -0.277. The molecule has 1 atom stereocenters. The van der Waals surface area contributed by atoms with Gasteiger partial charge in [-0.1, -0.05) is 188 Å². The van der Waals surface area contributed by atoms with Crippen molar-refractivity contribution in [2.75, 3.05) is 0 Å². The van der Waals surface area contributed by atoms with Gasteiger partial charge < -0.3 is 14.3 Å². The van der Waals surface area contributed by atoms with Crippen molar-refractivity contribution >= 4 is 76.8 Å². The number of hydrogen-bond acceptors (Lipinski definition) is 4. The molecular formula is C65H42N4O. The highest BCUT2D eigenvalue weighted by molar-refractivity contribution is 6.28. The molecule has 3 aromatic heterocycles. The Morgan fingerprint density at radius 1 is 0.414 bits per heavy atom.